The van der Waals surface area contributed by atoms with Crippen LogP contribution in [-0.4, -0.2) is 29.2 Å². The number of fused-ring (bicyclic) bond motifs is 1. The van der Waals surface area contributed by atoms with Crippen LogP contribution in [0.1, 0.15) is 43.2 Å². The van der Waals surface area contributed by atoms with E-state index in [2.05, 4.69) is 34.9 Å². The van der Waals surface area contributed by atoms with Gasteiger partial charge in [-0.1, -0.05) is 30.4 Å². The highest BCUT2D eigenvalue weighted by Crippen LogP contribution is 2.37. The van der Waals surface area contributed by atoms with Crippen molar-refractivity contribution in [2.45, 2.75) is 44.7 Å². The van der Waals surface area contributed by atoms with Crippen LogP contribution < -0.4 is 0 Å². The fraction of sp³-hybridized carbons (Fsp3) is 0.556. The molecule has 2 nitrogen and oxygen atoms in total. The van der Waals surface area contributed by atoms with E-state index in [4.69, 9.17) is 5.11 Å². The Balaban J connectivity index is 1.70. The van der Waals surface area contributed by atoms with E-state index in [1.165, 1.54) is 44.2 Å². The highest BCUT2D eigenvalue weighted by Gasteiger charge is 2.34. The number of aliphatic hydroxyl groups is 1. The van der Waals surface area contributed by atoms with Gasteiger partial charge in [-0.2, -0.15) is 0 Å². The molecule has 0 bridgehead atoms. The summed E-state index contributed by atoms with van der Waals surface area (Å²) >= 11 is 0. The van der Waals surface area contributed by atoms with Gasteiger partial charge >= 0.3 is 0 Å². The minimum atomic E-state index is -0.0693. The van der Waals surface area contributed by atoms with E-state index in [1.54, 1.807) is 0 Å². The van der Waals surface area contributed by atoms with Crippen LogP contribution in [0.15, 0.2) is 24.3 Å². The maximum atomic E-state index is 8.78. The lowest BCUT2D eigenvalue weighted by molar-refractivity contribution is 0.106. The lowest BCUT2D eigenvalue weighted by Crippen LogP contribution is -2.41. The van der Waals surface area contributed by atoms with Crippen LogP contribution in [0.25, 0.3) is 0 Å². The second-order valence-electron chi connectivity index (χ2n) is 6.03. The van der Waals surface area contributed by atoms with Gasteiger partial charge in [0, 0.05) is 18.2 Å². The van der Waals surface area contributed by atoms with Crippen molar-refractivity contribution in [3.05, 3.63) is 35.4 Å². The molecule has 1 saturated heterocycles. The monoisotopic (exact) mass is 269 g/mol. The van der Waals surface area contributed by atoms with Gasteiger partial charge in [0.05, 0.1) is 0 Å². The summed E-state index contributed by atoms with van der Waals surface area (Å²) < 4.78 is 0. The van der Waals surface area contributed by atoms with E-state index in [9.17, 15) is 0 Å². The van der Waals surface area contributed by atoms with E-state index < -0.39 is 0 Å². The molecule has 1 N–H and O–H groups in total. The average molecular weight is 269 g/mol. The van der Waals surface area contributed by atoms with E-state index in [0.29, 0.717) is 0 Å². The smallest absolute Gasteiger partial charge is 0.104 e. The van der Waals surface area contributed by atoms with Gasteiger partial charge in [0.1, 0.15) is 6.61 Å². The SMILES string of the molecule is OCC#Cc1cccc(CN2CCCC3CCCC32)c1. The Labute approximate surface area is 121 Å². The van der Waals surface area contributed by atoms with Gasteiger partial charge in [0.15, 0.2) is 0 Å². The van der Waals surface area contributed by atoms with E-state index >= 15 is 0 Å². The minimum absolute atomic E-state index is 0.0693. The summed E-state index contributed by atoms with van der Waals surface area (Å²) in [6.45, 7) is 2.23. The summed E-state index contributed by atoms with van der Waals surface area (Å²) in [5.41, 5.74) is 2.36. The third-order valence-corrected chi connectivity index (χ3v) is 4.73. The van der Waals surface area contributed by atoms with Crippen molar-refractivity contribution >= 4 is 0 Å². The molecule has 1 aliphatic carbocycles. The molecule has 106 valence electrons. The number of hydrogen-bond acceptors (Lipinski definition) is 2. The molecular formula is C18H23NO. The Morgan fingerprint density at radius 1 is 1.20 bits per heavy atom. The summed E-state index contributed by atoms with van der Waals surface area (Å²) in [5.74, 6) is 6.67. The zero-order chi connectivity index (χ0) is 13.8. The largest absolute Gasteiger partial charge is 0.384 e. The van der Waals surface area contributed by atoms with Gasteiger partial charge in [-0.25, -0.2) is 0 Å². The Morgan fingerprint density at radius 2 is 2.10 bits per heavy atom. The average Bonchev–Trinajstić information content (AvgIpc) is 2.95. The van der Waals surface area contributed by atoms with E-state index in [0.717, 1.165) is 24.1 Å². The molecule has 0 radical (unpaired) electrons. The first kappa shape index (κ1) is 13.7. The highest BCUT2D eigenvalue weighted by atomic mass is 16.2. The molecule has 0 amide bonds. The molecule has 2 atom stereocenters. The molecule has 3 rings (SSSR count). The van der Waals surface area contributed by atoms with Crippen LogP contribution in [0.5, 0.6) is 0 Å². The van der Waals surface area contributed by atoms with Gasteiger partial charge in [-0.05, 0) is 55.8 Å². The fourth-order valence-electron chi connectivity index (χ4n) is 3.88. The van der Waals surface area contributed by atoms with E-state index in [-0.39, 0.29) is 6.61 Å². The molecule has 1 aromatic rings. The van der Waals surface area contributed by atoms with Crippen molar-refractivity contribution in [2.24, 2.45) is 5.92 Å². The standard InChI is InChI=1S/C18H23NO/c20-12-4-7-15-5-1-6-16(13-15)14-19-11-3-9-17-8-2-10-18(17)19/h1,5-6,13,17-18,20H,2-3,8-12,14H2. The molecular weight excluding hydrogens is 246 g/mol. The summed E-state index contributed by atoms with van der Waals surface area (Å²) in [5, 5.41) is 8.78. The Hall–Kier alpha value is -1.30. The molecule has 1 saturated carbocycles. The van der Waals surface area contributed by atoms with Crippen molar-refractivity contribution in [2.75, 3.05) is 13.2 Å². The van der Waals surface area contributed by atoms with Gasteiger partial charge in [-0.3, -0.25) is 4.90 Å². The zero-order valence-corrected chi connectivity index (χ0v) is 12.0. The third-order valence-electron chi connectivity index (χ3n) is 4.73. The van der Waals surface area contributed by atoms with Crippen molar-refractivity contribution in [1.82, 2.24) is 4.90 Å². The van der Waals surface area contributed by atoms with Crippen LogP contribution >= 0.6 is 0 Å². The highest BCUT2D eigenvalue weighted by molar-refractivity contribution is 5.37. The molecule has 1 aliphatic heterocycles. The van der Waals surface area contributed by atoms with Crippen LogP contribution in [-0.2, 0) is 6.54 Å². The van der Waals surface area contributed by atoms with Crippen molar-refractivity contribution in [3.63, 3.8) is 0 Å². The van der Waals surface area contributed by atoms with Gasteiger partial charge < -0.3 is 5.11 Å². The van der Waals surface area contributed by atoms with Gasteiger partial charge in [-0.15, -0.1) is 0 Å². The fourth-order valence-corrected chi connectivity index (χ4v) is 3.88. The molecule has 2 fully saturated rings. The number of nitrogens with zero attached hydrogens (tertiary/aromatic N) is 1. The maximum absolute atomic E-state index is 8.78. The predicted molar refractivity (Wildman–Crippen MR) is 81.2 cm³/mol. The Kier molecular flexibility index (Phi) is 4.40. The second-order valence-corrected chi connectivity index (χ2v) is 6.03. The second kappa shape index (κ2) is 6.43. The molecule has 2 heteroatoms. The summed E-state index contributed by atoms with van der Waals surface area (Å²) in [7, 11) is 0. The van der Waals surface area contributed by atoms with Crippen LogP contribution in [0.3, 0.4) is 0 Å². The number of likely N-dealkylation sites (tertiary alicyclic amines) is 1. The summed E-state index contributed by atoms with van der Waals surface area (Å²) in [4.78, 5) is 2.68. The molecule has 2 aliphatic rings. The quantitative estimate of drug-likeness (QED) is 0.835. The van der Waals surface area contributed by atoms with Gasteiger partial charge in [0.2, 0.25) is 0 Å². The Bertz CT molecular complexity index is 514. The normalized spacial score (nSPS) is 25.9. The summed E-state index contributed by atoms with van der Waals surface area (Å²) in [6.07, 6.45) is 7.01. The first-order valence-electron chi connectivity index (χ1n) is 7.79. The van der Waals surface area contributed by atoms with Crippen molar-refractivity contribution in [3.8, 4) is 11.8 Å². The number of piperidine rings is 1. The van der Waals surface area contributed by atoms with Crippen LogP contribution in [0, 0.1) is 17.8 Å². The van der Waals surface area contributed by atoms with Crippen LogP contribution in [0.2, 0.25) is 0 Å². The topological polar surface area (TPSA) is 23.5 Å². The number of aliphatic hydroxyl groups excluding tert-OH is 1. The summed E-state index contributed by atoms with van der Waals surface area (Å²) in [6, 6.07) is 9.27. The zero-order valence-electron chi connectivity index (χ0n) is 12.0. The molecule has 0 aromatic heterocycles. The third kappa shape index (κ3) is 3.06. The molecule has 20 heavy (non-hydrogen) atoms. The molecule has 1 heterocycles. The lowest BCUT2D eigenvalue weighted by atomic mass is 9.91. The lowest BCUT2D eigenvalue weighted by Gasteiger charge is -2.37. The number of benzene rings is 1. The molecule has 2 unspecified atom stereocenters. The van der Waals surface area contributed by atoms with Crippen LogP contribution in [0.4, 0.5) is 0 Å². The Morgan fingerprint density at radius 3 is 3.00 bits per heavy atom. The number of hydrogen-bond donors (Lipinski definition) is 1. The van der Waals surface area contributed by atoms with Gasteiger partial charge in [0.25, 0.3) is 0 Å². The first-order valence-corrected chi connectivity index (χ1v) is 7.79. The van der Waals surface area contributed by atoms with Crippen molar-refractivity contribution in [1.29, 1.82) is 0 Å². The minimum Gasteiger partial charge on any atom is -0.384 e. The predicted octanol–water partition coefficient (Wildman–Crippen LogP) is 2.79. The molecule has 0 spiro atoms. The van der Waals surface area contributed by atoms with E-state index in [1.807, 2.05) is 6.07 Å². The number of rotatable bonds is 2. The first-order chi connectivity index (χ1) is 9.86. The molecule has 1 aromatic carbocycles. The maximum Gasteiger partial charge on any atom is 0.104 e. The van der Waals surface area contributed by atoms with Crippen molar-refractivity contribution < 1.29 is 5.11 Å².